The zero-order chi connectivity index (χ0) is 17.8. The van der Waals surface area contributed by atoms with E-state index in [4.69, 9.17) is 0 Å². The lowest BCUT2D eigenvalue weighted by molar-refractivity contribution is 0.641. The fraction of sp³-hybridized carbons (Fsp3) is 0.250. The molecule has 0 unspecified atom stereocenters. The van der Waals surface area contributed by atoms with E-state index in [9.17, 15) is 0 Å². The molecule has 1 aliphatic rings. The maximum absolute atomic E-state index is 4.46. The molecule has 3 heterocycles. The number of benzene rings is 1. The van der Waals surface area contributed by atoms with Gasteiger partial charge in [0, 0.05) is 44.1 Å². The maximum Gasteiger partial charge on any atom is 0.135 e. The lowest BCUT2D eigenvalue weighted by atomic mass is 10.2. The highest BCUT2D eigenvalue weighted by molar-refractivity contribution is 5.59. The number of aromatic nitrogens is 3. The summed E-state index contributed by atoms with van der Waals surface area (Å²) in [5.74, 6) is 2.80. The predicted octanol–water partition coefficient (Wildman–Crippen LogP) is 3.25. The van der Waals surface area contributed by atoms with E-state index in [0.717, 1.165) is 49.3 Å². The Morgan fingerprint density at radius 1 is 0.808 bits per heavy atom. The Balaban J connectivity index is 1.42. The van der Waals surface area contributed by atoms with Crippen LogP contribution < -0.4 is 15.1 Å². The van der Waals surface area contributed by atoms with Gasteiger partial charge in [0.1, 0.15) is 23.8 Å². The molecule has 6 nitrogen and oxygen atoms in total. The maximum atomic E-state index is 4.46. The molecule has 1 fully saturated rings. The number of nitrogens with one attached hydrogen (secondary N) is 1. The van der Waals surface area contributed by atoms with E-state index in [1.165, 1.54) is 5.56 Å². The van der Waals surface area contributed by atoms with E-state index in [2.05, 4.69) is 67.3 Å². The quantitative estimate of drug-likeness (QED) is 0.783. The molecule has 132 valence electrons. The minimum absolute atomic E-state index is 0.811. The first-order valence-electron chi connectivity index (χ1n) is 8.84. The van der Waals surface area contributed by atoms with Crippen LogP contribution in [0.1, 0.15) is 5.56 Å². The first-order chi connectivity index (χ1) is 12.8. The van der Waals surface area contributed by atoms with Crippen molar-refractivity contribution in [3.8, 4) is 0 Å². The van der Waals surface area contributed by atoms with E-state index in [1.807, 2.05) is 24.4 Å². The fourth-order valence-corrected chi connectivity index (χ4v) is 3.08. The van der Waals surface area contributed by atoms with E-state index in [-0.39, 0.29) is 0 Å². The Bertz CT molecular complexity index is 842. The second kappa shape index (κ2) is 7.39. The Kier molecular flexibility index (Phi) is 4.64. The van der Waals surface area contributed by atoms with Crippen molar-refractivity contribution in [3.05, 3.63) is 66.6 Å². The molecule has 3 aromatic rings. The number of anilines is 4. The van der Waals surface area contributed by atoms with Gasteiger partial charge in [-0.15, -0.1) is 0 Å². The third kappa shape index (κ3) is 3.74. The standard InChI is InChI=1S/C20H22N6/c1-16-5-7-17(8-6-16)24-18-14-20(23-15-22-18)26-12-10-25(11-13-26)19-4-2-3-9-21-19/h2-9,14-15H,10-13H2,1H3,(H,22,23,24). The van der Waals surface area contributed by atoms with Crippen molar-refractivity contribution in [1.29, 1.82) is 0 Å². The predicted molar refractivity (Wildman–Crippen MR) is 105 cm³/mol. The number of hydrogen-bond acceptors (Lipinski definition) is 6. The first kappa shape index (κ1) is 16.3. The van der Waals surface area contributed by atoms with Crippen LogP contribution in [0.4, 0.5) is 23.1 Å². The molecule has 1 aromatic carbocycles. The van der Waals surface area contributed by atoms with Crippen LogP contribution in [-0.4, -0.2) is 41.1 Å². The van der Waals surface area contributed by atoms with Crippen molar-refractivity contribution in [3.63, 3.8) is 0 Å². The monoisotopic (exact) mass is 346 g/mol. The topological polar surface area (TPSA) is 57.2 Å². The third-order valence-electron chi connectivity index (χ3n) is 4.55. The number of hydrogen-bond donors (Lipinski definition) is 1. The molecule has 6 heteroatoms. The third-order valence-corrected chi connectivity index (χ3v) is 4.55. The number of nitrogens with zero attached hydrogens (tertiary/aromatic N) is 5. The van der Waals surface area contributed by atoms with E-state index >= 15 is 0 Å². The van der Waals surface area contributed by atoms with Crippen LogP contribution >= 0.6 is 0 Å². The summed E-state index contributed by atoms with van der Waals surface area (Å²) in [6.45, 7) is 5.77. The molecule has 1 N–H and O–H groups in total. The minimum atomic E-state index is 0.811. The van der Waals surface area contributed by atoms with Crippen LogP contribution in [0.2, 0.25) is 0 Å². The van der Waals surface area contributed by atoms with E-state index < -0.39 is 0 Å². The smallest absolute Gasteiger partial charge is 0.135 e. The van der Waals surface area contributed by atoms with Gasteiger partial charge in [-0.25, -0.2) is 15.0 Å². The van der Waals surface area contributed by atoms with Crippen LogP contribution in [0.3, 0.4) is 0 Å². The molecule has 2 aromatic heterocycles. The summed E-state index contributed by atoms with van der Waals surface area (Å²) in [5, 5.41) is 3.35. The SMILES string of the molecule is Cc1ccc(Nc2cc(N3CCN(c4ccccn4)CC3)ncn2)cc1. The average Bonchev–Trinajstić information content (AvgIpc) is 2.71. The summed E-state index contributed by atoms with van der Waals surface area (Å²) >= 11 is 0. The summed E-state index contributed by atoms with van der Waals surface area (Å²) < 4.78 is 0. The zero-order valence-corrected chi connectivity index (χ0v) is 14.8. The second-order valence-electron chi connectivity index (χ2n) is 6.41. The molecule has 0 saturated carbocycles. The summed E-state index contributed by atoms with van der Waals surface area (Å²) in [5.41, 5.74) is 2.27. The van der Waals surface area contributed by atoms with Crippen LogP contribution in [0.5, 0.6) is 0 Å². The van der Waals surface area contributed by atoms with Crippen molar-refractivity contribution in [1.82, 2.24) is 15.0 Å². The summed E-state index contributed by atoms with van der Waals surface area (Å²) in [4.78, 5) is 17.8. The summed E-state index contributed by atoms with van der Waals surface area (Å²) in [6, 6.07) is 16.3. The highest BCUT2D eigenvalue weighted by atomic mass is 15.3. The van der Waals surface area contributed by atoms with Gasteiger partial charge in [-0.3, -0.25) is 0 Å². The molecule has 4 rings (SSSR count). The highest BCUT2D eigenvalue weighted by Crippen LogP contribution is 2.21. The van der Waals surface area contributed by atoms with Gasteiger partial charge in [0.25, 0.3) is 0 Å². The van der Waals surface area contributed by atoms with Crippen LogP contribution in [-0.2, 0) is 0 Å². The van der Waals surface area contributed by atoms with Gasteiger partial charge in [0.15, 0.2) is 0 Å². The number of aryl methyl sites for hydroxylation is 1. The lowest BCUT2D eigenvalue weighted by Gasteiger charge is -2.36. The highest BCUT2D eigenvalue weighted by Gasteiger charge is 2.19. The fourth-order valence-electron chi connectivity index (χ4n) is 3.08. The Labute approximate surface area is 153 Å². The van der Waals surface area contributed by atoms with Crippen molar-refractivity contribution >= 4 is 23.1 Å². The molecule has 0 bridgehead atoms. The second-order valence-corrected chi connectivity index (χ2v) is 6.41. The van der Waals surface area contributed by atoms with Gasteiger partial charge >= 0.3 is 0 Å². The molecule has 0 spiro atoms. The van der Waals surface area contributed by atoms with Gasteiger partial charge in [-0.1, -0.05) is 23.8 Å². The average molecular weight is 346 g/mol. The molecule has 1 aliphatic heterocycles. The minimum Gasteiger partial charge on any atom is -0.353 e. The lowest BCUT2D eigenvalue weighted by Crippen LogP contribution is -2.47. The molecule has 0 radical (unpaired) electrons. The van der Waals surface area contributed by atoms with Crippen LogP contribution in [0.15, 0.2) is 61.1 Å². The molecule has 1 saturated heterocycles. The van der Waals surface area contributed by atoms with Crippen molar-refractivity contribution in [2.45, 2.75) is 6.92 Å². The Morgan fingerprint density at radius 3 is 2.23 bits per heavy atom. The molecule has 26 heavy (non-hydrogen) atoms. The largest absolute Gasteiger partial charge is 0.353 e. The Morgan fingerprint density at radius 2 is 1.54 bits per heavy atom. The van der Waals surface area contributed by atoms with Crippen LogP contribution in [0.25, 0.3) is 0 Å². The van der Waals surface area contributed by atoms with Crippen molar-refractivity contribution in [2.24, 2.45) is 0 Å². The molecular weight excluding hydrogens is 324 g/mol. The van der Waals surface area contributed by atoms with E-state index in [0.29, 0.717) is 0 Å². The normalized spacial score (nSPS) is 14.3. The van der Waals surface area contributed by atoms with Crippen molar-refractivity contribution < 1.29 is 0 Å². The van der Waals surface area contributed by atoms with Crippen LogP contribution in [0, 0.1) is 6.92 Å². The van der Waals surface area contributed by atoms with Gasteiger partial charge in [0.2, 0.25) is 0 Å². The van der Waals surface area contributed by atoms with Gasteiger partial charge in [-0.05, 0) is 31.2 Å². The number of pyridine rings is 1. The molecule has 0 amide bonds. The van der Waals surface area contributed by atoms with Gasteiger partial charge in [-0.2, -0.15) is 0 Å². The first-order valence-corrected chi connectivity index (χ1v) is 8.84. The number of piperazine rings is 1. The summed E-state index contributed by atoms with van der Waals surface area (Å²) in [7, 11) is 0. The van der Waals surface area contributed by atoms with Gasteiger partial charge < -0.3 is 15.1 Å². The number of rotatable bonds is 4. The van der Waals surface area contributed by atoms with E-state index in [1.54, 1.807) is 6.33 Å². The Hall–Kier alpha value is -3.15. The van der Waals surface area contributed by atoms with Gasteiger partial charge in [0.05, 0.1) is 0 Å². The zero-order valence-electron chi connectivity index (χ0n) is 14.8. The van der Waals surface area contributed by atoms with Crippen molar-refractivity contribution in [2.75, 3.05) is 41.3 Å². The molecule has 0 atom stereocenters. The molecule has 0 aliphatic carbocycles. The molecular formula is C20H22N6. The summed E-state index contributed by atoms with van der Waals surface area (Å²) in [6.07, 6.45) is 3.46.